The normalized spacial score (nSPS) is 18.2. The third-order valence-electron chi connectivity index (χ3n) is 4.22. The first-order chi connectivity index (χ1) is 12.3. The molecule has 1 fully saturated rings. The molecule has 4 nitrogen and oxygen atoms in total. The van der Waals surface area contributed by atoms with Gasteiger partial charge in [-0.05, 0) is 43.7 Å². The van der Waals surface area contributed by atoms with Gasteiger partial charge in [-0.3, -0.25) is 4.79 Å². The van der Waals surface area contributed by atoms with E-state index >= 15 is 0 Å². The third-order valence-corrected chi connectivity index (χ3v) is 5.94. The lowest BCUT2D eigenvalue weighted by Gasteiger charge is -2.33. The fourth-order valence-electron chi connectivity index (χ4n) is 2.86. The lowest BCUT2D eigenvalue weighted by atomic mass is 10.0. The quantitative estimate of drug-likeness (QED) is 0.550. The van der Waals surface area contributed by atoms with Crippen molar-refractivity contribution in [2.45, 2.75) is 43.6 Å². The summed E-state index contributed by atoms with van der Waals surface area (Å²) in [6, 6.07) is 4.58. The second-order valence-electron chi connectivity index (χ2n) is 6.12. The Morgan fingerprint density at radius 1 is 1.38 bits per heavy atom. The van der Waals surface area contributed by atoms with Crippen LogP contribution in [0.5, 0.6) is 0 Å². The van der Waals surface area contributed by atoms with Gasteiger partial charge in [0.25, 0.3) is 0 Å². The smallest absolute Gasteiger partial charge is 0.339 e. The molecule has 0 aromatic carbocycles. The number of carbonyl (C=O) groups is 1. The highest BCUT2D eigenvalue weighted by Gasteiger charge is 2.34. The van der Waals surface area contributed by atoms with E-state index in [1.165, 1.54) is 11.3 Å². The van der Waals surface area contributed by atoms with Crippen LogP contribution in [0.4, 0.5) is 13.2 Å². The first-order valence-electron chi connectivity index (χ1n) is 8.27. The van der Waals surface area contributed by atoms with E-state index in [0.29, 0.717) is 11.4 Å². The molecule has 9 heteroatoms. The number of thioether (sulfide) groups is 1. The molecule has 140 valence electrons. The van der Waals surface area contributed by atoms with Gasteiger partial charge in [-0.1, -0.05) is 17.8 Å². The van der Waals surface area contributed by atoms with E-state index in [1.54, 1.807) is 22.4 Å². The molecule has 2 aromatic rings. The Hall–Kier alpha value is -1.61. The molecule has 1 amide bonds. The Labute approximate surface area is 157 Å². The molecule has 0 N–H and O–H groups in total. The van der Waals surface area contributed by atoms with Crippen LogP contribution in [0.1, 0.15) is 31.9 Å². The predicted octanol–water partition coefficient (Wildman–Crippen LogP) is 4.72. The zero-order chi connectivity index (χ0) is 18.7. The van der Waals surface area contributed by atoms with Crippen molar-refractivity contribution in [3.8, 4) is 10.6 Å². The van der Waals surface area contributed by atoms with Crippen molar-refractivity contribution in [3.63, 3.8) is 0 Å². The van der Waals surface area contributed by atoms with Crippen molar-refractivity contribution < 1.29 is 18.0 Å². The van der Waals surface area contributed by atoms with E-state index < -0.39 is 11.9 Å². The van der Waals surface area contributed by atoms with E-state index in [-0.39, 0.29) is 28.6 Å². The molecule has 0 aliphatic carbocycles. The monoisotopic (exact) mass is 401 g/mol. The fraction of sp³-hybridized carbons (Fsp3) is 0.471. The number of aromatic nitrogens is 2. The lowest BCUT2D eigenvalue weighted by molar-refractivity contribution is -0.141. The van der Waals surface area contributed by atoms with Gasteiger partial charge in [-0.2, -0.15) is 13.2 Å². The van der Waals surface area contributed by atoms with Gasteiger partial charge in [0.1, 0.15) is 5.69 Å². The average Bonchev–Trinajstić information content (AvgIpc) is 3.14. The minimum atomic E-state index is -4.56. The largest absolute Gasteiger partial charge is 0.433 e. The number of piperidine rings is 1. The van der Waals surface area contributed by atoms with Gasteiger partial charge in [0, 0.05) is 12.6 Å². The maximum absolute atomic E-state index is 13.2. The van der Waals surface area contributed by atoms with Crippen LogP contribution in [0, 0.1) is 0 Å². The van der Waals surface area contributed by atoms with Crippen molar-refractivity contribution in [1.82, 2.24) is 14.9 Å². The molecular formula is C17H18F3N3OS2. The molecule has 0 saturated carbocycles. The number of likely N-dealkylation sites (tertiary alicyclic amines) is 1. The topological polar surface area (TPSA) is 46.1 Å². The van der Waals surface area contributed by atoms with Gasteiger partial charge in [0.05, 0.1) is 16.3 Å². The summed E-state index contributed by atoms with van der Waals surface area (Å²) >= 11 is 2.27. The molecule has 1 aliphatic rings. The number of thiophene rings is 1. The van der Waals surface area contributed by atoms with E-state index in [1.807, 2.05) is 6.92 Å². The Kier molecular flexibility index (Phi) is 5.86. The minimum absolute atomic E-state index is 0.0266. The Bertz CT molecular complexity index is 765. The van der Waals surface area contributed by atoms with E-state index in [4.69, 9.17) is 0 Å². The zero-order valence-corrected chi connectivity index (χ0v) is 15.8. The van der Waals surface area contributed by atoms with E-state index in [0.717, 1.165) is 37.1 Å². The summed E-state index contributed by atoms with van der Waals surface area (Å²) in [5.74, 6) is -0.0453. The predicted molar refractivity (Wildman–Crippen MR) is 96.1 cm³/mol. The molecule has 0 spiro atoms. The molecular weight excluding hydrogens is 383 g/mol. The van der Waals surface area contributed by atoms with Gasteiger partial charge < -0.3 is 4.90 Å². The highest BCUT2D eigenvalue weighted by molar-refractivity contribution is 7.99. The molecule has 2 aromatic heterocycles. The summed E-state index contributed by atoms with van der Waals surface area (Å²) in [7, 11) is 0. The van der Waals surface area contributed by atoms with Crippen molar-refractivity contribution in [3.05, 3.63) is 29.3 Å². The molecule has 26 heavy (non-hydrogen) atoms. The summed E-state index contributed by atoms with van der Waals surface area (Å²) in [6.07, 6.45) is -1.54. The zero-order valence-electron chi connectivity index (χ0n) is 14.1. The Morgan fingerprint density at radius 3 is 2.85 bits per heavy atom. The van der Waals surface area contributed by atoms with Crippen molar-refractivity contribution in [2.75, 3.05) is 12.3 Å². The van der Waals surface area contributed by atoms with Crippen LogP contribution in [0.2, 0.25) is 0 Å². The number of hydrogen-bond donors (Lipinski definition) is 0. The fourth-order valence-corrected chi connectivity index (χ4v) is 4.29. The standard InChI is InChI=1S/C17H18F3N3OS2/c1-11-5-2-3-7-23(11)15(24)10-26-16-21-12(13-6-4-8-25-13)9-14(22-16)17(18,19)20/h4,6,8-9,11H,2-3,5,7,10H2,1H3/t11-/m1/s1. The van der Waals surface area contributed by atoms with Crippen molar-refractivity contribution >= 4 is 29.0 Å². The van der Waals surface area contributed by atoms with Gasteiger partial charge >= 0.3 is 6.18 Å². The summed E-state index contributed by atoms with van der Waals surface area (Å²) in [6.45, 7) is 2.70. The highest BCUT2D eigenvalue weighted by atomic mass is 32.2. The Balaban J connectivity index is 1.78. The molecule has 0 bridgehead atoms. The highest BCUT2D eigenvalue weighted by Crippen LogP contribution is 2.33. The van der Waals surface area contributed by atoms with Crippen LogP contribution < -0.4 is 0 Å². The number of halogens is 3. The summed E-state index contributed by atoms with van der Waals surface area (Å²) in [4.78, 5) is 22.7. The van der Waals surface area contributed by atoms with Crippen molar-refractivity contribution in [1.29, 1.82) is 0 Å². The summed E-state index contributed by atoms with van der Waals surface area (Å²) in [5.41, 5.74) is -0.763. The molecule has 0 unspecified atom stereocenters. The van der Waals surface area contributed by atoms with Crippen LogP contribution in [-0.4, -0.2) is 39.1 Å². The second kappa shape index (κ2) is 7.96. The number of carbonyl (C=O) groups excluding carboxylic acids is 1. The Morgan fingerprint density at radius 2 is 2.19 bits per heavy atom. The van der Waals surface area contributed by atoms with Gasteiger partial charge in [0.2, 0.25) is 5.91 Å². The summed E-state index contributed by atoms with van der Waals surface area (Å²) < 4.78 is 39.5. The van der Waals surface area contributed by atoms with Crippen LogP contribution in [0.3, 0.4) is 0 Å². The van der Waals surface area contributed by atoms with Gasteiger partial charge in [0.15, 0.2) is 5.16 Å². The maximum atomic E-state index is 13.2. The minimum Gasteiger partial charge on any atom is -0.339 e. The number of nitrogens with zero attached hydrogens (tertiary/aromatic N) is 3. The average molecular weight is 401 g/mol. The number of rotatable bonds is 4. The van der Waals surface area contributed by atoms with Crippen LogP contribution in [-0.2, 0) is 11.0 Å². The van der Waals surface area contributed by atoms with Crippen LogP contribution in [0.25, 0.3) is 10.6 Å². The molecule has 1 saturated heterocycles. The van der Waals surface area contributed by atoms with Gasteiger partial charge in [-0.15, -0.1) is 11.3 Å². The van der Waals surface area contributed by atoms with Crippen LogP contribution in [0.15, 0.2) is 28.7 Å². The van der Waals surface area contributed by atoms with E-state index in [2.05, 4.69) is 9.97 Å². The lowest BCUT2D eigenvalue weighted by Crippen LogP contribution is -2.42. The second-order valence-corrected chi connectivity index (χ2v) is 8.01. The molecule has 3 rings (SSSR count). The number of hydrogen-bond acceptors (Lipinski definition) is 5. The van der Waals surface area contributed by atoms with Crippen LogP contribution >= 0.6 is 23.1 Å². The van der Waals surface area contributed by atoms with Gasteiger partial charge in [-0.25, -0.2) is 9.97 Å². The molecule has 1 aliphatic heterocycles. The molecule has 1 atom stereocenters. The molecule has 3 heterocycles. The molecule has 0 radical (unpaired) electrons. The number of alkyl halides is 3. The summed E-state index contributed by atoms with van der Waals surface area (Å²) in [5, 5.41) is 1.75. The van der Waals surface area contributed by atoms with Crippen molar-refractivity contribution in [2.24, 2.45) is 0 Å². The maximum Gasteiger partial charge on any atom is 0.433 e. The number of amides is 1. The first kappa shape index (κ1) is 19.2. The SMILES string of the molecule is C[C@@H]1CCCCN1C(=O)CSc1nc(-c2cccs2)cc(C(F)(F)F)n1. The first-order valence-corrected chi connectivity index (χ1v) is 10.1. The third kappa shape index (κ3) is 4.56. The van der Waals surface area contributed by atoms with E-state index in [9.17, 15) is 18.0 Å².